The number of nitrogens with one attached hydrogen (secondary N) is 1. The van der Waals surface area contributed by atoms with E-state index in [4.69, 9.17) is 18.9 Å². The summed E-state index contributed by atoms with van der Waals surface area (Å²) in [5.74, 6) is 2.82. The van der Waals surface area contributed by atoms with Gasteiger partial charge >= 0.3 is 6.03 Å². The second-order valence-corrected chi connectivity index (χ2v) is 6.21. The Morgan fingerprint density at radius 2 is 1.78 bits per heavy atom. The van der Waals surface area contributed by atoms with Gasteiger partial charge in [-0.15, -0.1) is 0 Å². The normalized spacial score (nSPS) is 11.8. The first-order valence-corrected chi connectivity index (χ1v) is 8.69. The van der Waals surface area contributed by atoms with Crippen LogP contribution in [0.15, 0.2) is 36.4 Å². The SMILES string of the molecule is COc1ccc(CCNC(=O)N(C)Cc2ccc3c(c2)OCO3)cc1OC. The van der Waals surface area contributed by atoms with Gasteiger partial charge in [0.25, 0.3) is 0 Å². The van der Waals surface area contributed by atoms with E-state index >= 15 is 0 Å². The van der Waals surface area contributed by atoms with Crippen molar-refractivity contribution in [1.29, 1.82) is 0 Å². The van der Waals surface area contributed by atoms with Crippen LogP contribution in [0.2, 0.25) is 0 Å². The quantitative estimate of drug-likeness (QED) is 0.809. The molecule has 0 aliphatic carbocycles. The van der Waals surface area contributed by atoms with Crippen molar-refractivity contribution in [3.05, 3.63) is 47.5 Å². The van der Waals surface area contributed by atoms with E-state index in [1.165, 1.54) is 0 Å². The molecule has 1 aliphatic heterocycles. The fourth-order valence-corrected chi connectivity index (χ4v) is 2.87. The summed E-state index contributed by atoms with van der Waals surface area (Å²) >= 11 is 0. The number of urea groups is 1. The molecule has 0 spiro atoms. The van der Waals surface area contributed by atoms with Gasteiger partial charge < -0.3 is 29.2 Å². The molecule has 0 unspecified atom stereocenters. The minimum Gasteiger partial charge on any atom is -0.493 e. The number of ether oxygens (including phenoxy) is 4. The molecule has 3 rings (SSSR count). The third-order valence-electron chi connectivity index (χ3n) is 4.34. The molecule has 0 aromatic heterocycles. The number of carbonyl (C=O) groups excluding carboxylic acids is 1. The Hall–Kier alpha value is -3.09. The van der Waals surface area contributed by atoms with Gasteiger partial charge in [-0.25, -0.2) is 4.79 Å². The Balaban J connectivity index is 1.49. The standard InChI is InChI=1S/C20H24N2O5/c1-22(12-15-5-7-17-19(11-15)27-13-26-17)20(23)21-9-8-14-4-6-16(24-2)18(10-14)25-3/h4-7,10-11H,8-9,12-13H2,1-3H3,(H,21,23). The van der Waals surface area contributed by atoms with Gasteiger partial charge in [-0.1, -0.05) is 12.1 Å². The molecule has 0 saturated carbocycles. The molecule has 144 valence electrons. The minimum absolute atomic E-state index is 0.131. The van der Waals surface area contributed by atoms with Crippen LogP contribution in [0.4, 0.5) is 4.79 Å². The van der Waals surface area contributed by atoms with E-state index in [9.17, 15) is 4.79 Å². The lowest BCUT2D eigenvalue weighted by molar-refractivity contribution is 0.174. The van der Waals surface area contributed by atoms with E-state index in [1.807, 2.05) is 36.4 Å². The van der Waals surface area contributed by atoms with Crippen molar-refractivity contribution in [2.75, 3.05) is 34.6 Å². The number of hydrogen-bond acceptors (Lipinski definition) is 5. The van der Waals surface area contributed by atoms with E-state index < -0.39 is 0 Å². The number of methoxy groups -OCH3 is 2. The molecule has 1 heterocycles. The van der Waals surface area contributed by atoms with Gasteiger partial charge in [0.05, 0.1) is 14.2 Å². The number of amides is 2. The van der Waals surface area contributed by atoms with Crippen LogP contribution < -0.4 is 24.3 Å². The van der Waals surface area contributed by atoms with Crippen molar-refractivity contribution in [3.63, 3.8) is 0 Å². The highest BCUT2D eigenvalue weighted by Gasteiger charge is 2.15. The molecule has 1 aliphatic rings. The first-order chi connectivity index (χ1) is 13.1. The first-order valence-electron chi connectivity index (χ1n) is 8.69. The Kier molecular flexibility index (Phi) is 5.90. The maximum atomic E-state index is 12.3. The highest BCUT2D eigenvalue weighted by atomic mass is 16.7. The van der Waals surface area contributed by atoms with Gasteiger partial charge in [-0.05, 0) is 41.8 Å². The molecule has 2 aromatic carbocycles. The maximum Gasteiger partial charge on any atom is 0.317 e. The van der Waals surface area contributed by atoms with Crippen LogP contribution in [0, 0.1) is 0 Å². The average Bonchev–Trinajstić information content (AvgIpc) is 3.15. The Labute approximate surface area is 158 Å². The van der Waals surface area contributed by atoms with Gasteiger partial charge in [0, 0.05) is 20.1 Å². The van der Waals surface area contributed by atoms with Crippen LogP contribution in [0.1, 0.15) is 11.1 Å². The zero-order valence-electron chi connectivity index (χ0n) is 15.8. The maximum absolute atomic E-state index is 12.3. The molecular weight excluding hydrogens is 348 g/mol. The van der Waals surface area contributed by atoms with E-state index in [0.717, 1.165) is 22.6 Å². The summed E-state index contributed by atoms with van der Waals surface area (Å²) < 4.78 is 21.2. The minimum atomic E-state index is -0.131. The summed E-state index contributed by atoms with van der Waals surface area (Å²) in [6, 6.07) is 11.3. The molecule has 0 bridgehead atoms. The summed E-state index contributed by atoms with van der Waals surface area (Å²) in [5, 5.41) is 2.93. The summed E-state index contributed by atoms with van der Waals surface area (Å²) in [7, 11) is 4.97. The number of rotatable bonds is 7. The summed E-state index contributed by atoms with van der Waals surface area (Å²) in [6.45, 7) is 1.25. The number of benzene rings is 2. The zero-order chi connectivity index (χ0) is 19.2. The summed E-state index contributed by atoms with van der Waals surface area (Å²) in [4.78, 5) is 13.9. The van der Waals surface area contributed by atoms with E-state index in [2.05, 4.69) is 5.32 Å². The molecule has 7 nitrogen and oxygen atoms in total. The zero-order valence-corrected chi connectivity index (χ0v) is 15.8. The van der Waals surface area contributed by atoms with Crippen LogP contribution in [0.5, 0.6) is 23.0 Å². The fraction of sp³-hybridized carbons (Fsp3) is 0.350. The van der Waals surface area contributed by atoms with Crippen molar-refractivity contribution in [2.24, 2.45) is 0 Å². The highest BCUT2D eigenvalue weighted by Crippen LogP contribution is 2.32. The molecule has 0 saturated heterocycles. The average molecular weight is 372 g/mol. The monoisotopic (exact) mass is 372 g/mol. The summed E-state index contributed by atoms with van der Waals surface area (Å²) in [5.41, 5.74) is 2.04. The topological polar surface area (TPSA) is 69.3 Å². The molecular formula is C20H24N2O5. The van der Waals surface area contributed by atoms with Gasteiger partial charge in [0.2, 0.25) is 6.79 Å². The smallest absolute Gasteiger partial charge is 0.317 e. The predicted octanol–water partition coefficient (Wildman–Crippen LogP) is 2.82. The lowest BCUT2D eigenvalue weighted by Gasteiger charge is -2.18. The van der Waals surface area contributed by atoms with Crippen molar-refractivity contribution >= 4 is 6.03 Å². The number of nitrogens with zero attached hydrogens (tertiary/aromatic N) is 1. The van der Waals surface area contributed by atoms with Crippen molar-refractivity contribution in [2.45, 2.75) is 13.0 Å². The van der Waals surface area contributed by atoms with E-state index in [0.29, 0.717) is 31.0 Å². The summed E-state index contributed by atoms with van der Waals surface area (Å²) in [6.07, 6.45) is 0.698. The van der Waals surface area contributed by atoms with Crippen molar-refractivity contribution < 1.29 is 23.7 Å². The largest absolute Gasteiger partial charge is 0.493 e. The highest BCUT2D eigenvalue weighted by molar-refractivity contribution is 5.73. The molecule has 7 heteroatoms. The lowest BCUT2D eigenvalue weighted by Crippen LogP contribution is -2.37. The van der Waals surface area contributed by atoms with Gasteiger partial charge in [-0.2, -0.15) is 0 Å². The number of hydrogen-bond donors (Lipinski definition) is 1. The predicted molar refractivity (Wildman–Crippen MR) is 101 cm³/mol. The number of fused-ring (bicyclic) bond motifs is 1. The van der Waals surface area contributed by atoms with Gasteiger partial charge in [0.15, 0.2) is 23.0 Å². The molecule has 2 amide bonds. The molecule has 1 N–H and O–H groups in total. The third kappa shape index (κ3) is 4.55. The molecule has 0 fully saturated rings. The molecule has 2 aromatic rings. The molecule has 0 atom stereocenters. The van der Waals surface area contributed by atoms with Crippen LogP contribution in [-0.4, -0.2) is 45.5 Å². The Morgan fingerprint density at radius 3 is 2.56 bits per heavy atom. The molecule has 0 radical (unpaired) electrons. The molecule has 27 heavy (non-hydrogen) atoms. The van der Waals surface area contributed by atoms with Crippen LogP contribution >= 0.6 is 0 Å². The van der Waals surface area contributed by atoms with Crippen LogP contribution in [0.25, 0.3) is 0 Å². The fourth-order valence-electron chi connectivity index (χ4n) is 2.87. The van der Waals surface area contributed by atoms with Crippen LogP contribution in [-0.2, 0) is 13.0 Å². The van der Waals surface area contributed by atoms with E-state index in [-0.39, 0.29) is 12.8 Å². The second kappa shape index (κ2) is 8.53. The van der Waals surface area contributed by atoms with Crippen molar-refractivity contribution in [3.8, 4) is 23.0 Å². The Morgan fingerprint density at radius 1 is 1.04 bits per heavy atom. The van der Waals surface area contributed by atoms with Gasteiger partial charge in [0.1, 0.15) is 0 Å². The van der Waals surface area contributed by atoms with E-state index in [1.54, 1.807) is 26.2 Å². The first kappa shape index (κ1) is 18.7. The lowest BCUT2D eigenvalue weighted by atomic mass is 10.1. The third-order valence-corrected chi connectivity index (χ3v) is 4.34. The van der Waals surface area contributed by atoms with Crippen molar-refractivity contribution in [1.82, 2.24) is 10.2 Å². The second-order valence-electron chi connectivity index (χ2n) is 6.21. The van der Waals surface area contributed by atoms with Crippen LogP contribution in [0.3, 0.4) is 0 Å². The number of carbonyl (C=O) groups is 1. The van der Waals surface area contributed by atoms with Gasteiger partial charge in [-0.3, -0.25) is 0 Å². The Bertz CT molecular complexity index is 809.